The van der Waals surface area contributed by atoms with Gasteiger partial charge in [0.2, 0.25) is 11.9 Å². The smallest absolute Gasteiger partial charge is 0.244 e. The average molecular weight is 277 g/mol. The fraction of sp³-hybridized carbons (Fsp3) is 0.643. The number of nitrogens with zero attached hydrogens (tertiary/aromatic N) is 5. The Balaban J connectivity index is 2.32. The molecule has 1 aromatic heterocycles. The lowest BCUT2D eigenvalue weighted by atomic mass is 10.2. The van der Waals surface area contributed by atoms with Crippen LogP contribution in [0.1, 0.15) is 18.5 Å². The topological polar surface area (TPSA) is 52.6 Å². The average Bonchev–Trinajstić information content (AvgIpc) is 2.85. The molecule has 20 heavy (non-hydrogen) atoms. The first-order chi connectivity index (χ1) is 9.40. The summed E-state index contributed by atoms with van der Waals surface area (Å²) in [7, 11) is 7.50. The van der Waals surface area contributed by atoms with Crippen LogP contribution in [-0.2, 0) is 4.79 Å². The SMILES string of the molecule is Cc1cc(N(C)C)nc(N2CCCC2C(=O)N(C)C)n1. The van der Waals surface area contributed by atoms with E-state index in [-0.39, 0.29) is 11.9 Å². The standard InChI is InChI=1S/C14H23N5O/c1-10-9-12(17(2)3)16-14(15-10)19-8-6-7-11(19)13(20)18(4)5/h9,11H,6-8H2,1-5H3. The van der Waals surface area contributed by atoms with Gasteiger partial charge >= 0.3 is 0 Å². The van der Waals surface area contributed by atoms with Crippen LogP contribution < -0.4 is 9.80 Å². The van der Waals surface area contributed by atoms with Crippen LogP contribution in [0, 0.1) is 6.92 Å². The Hall–Kier alpha value is -1.85. The summed E-state index contributed by atoms with van der Waals surface area (Å²) < 4.78 is 0. The van der Waals surface area contributed by atoms with Gasteiger partial charge in [0.25, 0.3) is 0 Å². The minimum Gasteiger partial charge on any atom is -0.363 e. The second kappa shape index (κ2) is 5.64. The molecule has 0 aliphatic carbocycles. The number of aryl methyl sites for hydroxylation is 1. The van der Waals surface area contributed by atoms with Crippen LogP contribution in [0.25, 0.3) is 0 Å². The zero-order chi connectivity index (χ0) is 14.9. The molecule has 2 rings (SSSR count). The molecule has 0 bridgehead atoms. The van der Waals surface area contributed by atoms with E-state index in [1.165, 1.54) is 0 Å². The van der Waals surface area contributed by atoms with Gasteiger partial charge in [-0.25, -0.2) is 4.98 Å². The predicted octanol–water partition coefficient (Wildman–Crippen LogP) is 0.908. The van der Waals surface area contributed by atoms with Crippen molar-refractivity contribution in [2.75, 3.05) is 44.5 Å². The van der Waals surface area contributed by atoms with Crippen LogP contribution in [0.15, 0.2) is 6.07 Å². The maximum absolute atomic E-state index is 12.3. The van der Waals surface area contributed by atoms with Gasteiger partial charge in [-0.1, -0.05) is 0 Å². The quantitative estimate of drug-likeness (QED) is 0.822. The van der Waals surface area contributed by atoms with E-state index in [2.05, 4.69) is 9.97 Å². The molecule has 1 amide bonds. The van der Waals surface area contributed by atoms with Crippen molar-refractivity contribution < 1.29 is 4.79 Å². The highest BCUT2D eigenvalue weighted by molar-refractivity contribution is 5.85. The van der Waals surface area contributed by atoms with E-state index in [1.54, 1.807) is 19.0 Å². The van der Waals surface area contributed by atoms with Gasteiger partial charge in [0.15, 0.2) is 0 Å². The summed E-state index contributed by atoms with van der Waals surface area (Å²) >= 11 is 0. The number of carbonyl (C=O) groups excluding carboxylic acids is 1. The first-order valence-corrected chi connectivity index (χ1v) is 6.91. The second-order valence-electron chi connectivity index (χ2n) is 5.65. The lowest BCUT2D eigenvalue weighted by molar-refractivity contribution is -0.129. The molecule has 1 aliphatic heterocycles. The van der Waals surface area contributed by atoms with E-state index in [1.807, 2.05) is 36.9 Å². The van der Waals surface area contributed by atoms with Gasteiger partial charge in [-0.15, -0.1) is 0 Å². The Kier molecular flexibility index (Phi) is 4.11. The first-order valence-electron chi connectivity index (χ1n) is 6.91. The number of carbonyl (C=O) groups is 1. The number of hydrogen-bond acceptors (Lipinski definition) is 5. The predicted molar refractivity (Wildman–Crippen MR) is 80.2 cm³/mol. The molecule has 0 saturated carbocycles. The van der Waals surface area contributed by atoms with Crippen LogP contribution in [0.5, 0.6) is 0 Å². The highest BCUT2D eigenvalue weighted by atomic mass is 16.2. The third kappa shape index (κ3) is 2.84. The molecule has 1 aliphatic rings. The summed E-state index contributed by atoms with van der Waals surface area (Å²) in [5, 5.41) is 0. The Morgan fingerprint density at radius 2 is 2.00 bits per heavy atom. The summed E-state index contributed by atoms with van der Waals surface area (Å²) in [6.45, 7) is 2.79. The van der Waals surface area contributed by atoms with E-state index in [4.69, 9.17) is 0 Å². The van der Waals surface area contributed by atoms with Crippen LogP contribution in [0.4, 0.5) is 11.8 Å². The van der Waals surface area contributed by atoms with Crippen molar-refractivity contribution in [2.45, 2.75) is 25.8 Å². The van der Waals surface area contributed by atoms with Gasteiger partial charge in [0, 0.05) is 46.5 Å². The Morgan fingerprint density at radius 1 is 1.30 bits per heavy atom. The maximum Gasteiger partial charge on any atom is 0.244 e. The Bertz CT molecular complexity index is 500. The molecule has 0 spiro atoms. The molecule has 0 radical (unpaired) electrons. The van der Waals surface area contributed by atoms with Crippen LogP contribution in [-0.4, -0.2) is 61.6 Å². The number of hydrogen-bond donors (Lipinski definition) is 0. The number of aromatic nitrogens is 2. The molecular weight excluding hydrogens is 254 g/mol. The zero-order valence-electron chi connectivity index (χ0n) is 12.9. The summed E-state index contributed by atoms with van der Waals surface area (Å²) in [6, 6.07) is 1.81. The second-order valence-corrected chi connectivity index (χ2v) is 5.65. The molecule has 1 saturated heterocycles. The van der Waals surface area contributed by atoms with Crippen molar-refractivity contribution in [1.29, 1.82) is 0 Å². The molecule has 1 unspecified atom stereocenters. The minimum absolute atomic E-state index is 0.124. The lowest BCUT2D eigenvalue weighted by Gasteiger charge is -2.27. The van der Waals surface area contributed by atoms with E-state index in [9.17, 15) is 4.79 Å². The summed E-state index contributed by atoms with van der Waals surface area (Å²) in [5.74, 6) is 1.65. The van der Waals surface area contributed by atoms with Gasteiger partial charge in [-0.2, -0.15) is 4.98 Å². The normalized spacial score (nSPS) is 18.2. The van der Waals surface area contributed by atoms with E-state index < -0.39 is 0 Å². The van der Waals surface area contributed by atoms with E-state index >= 15 is 0 Å². The lowest BCUT2D eigenvalue weighted by Crippen LogP contribution is -2.43. The summed E-state index contributed by atoms with van der Waals surface area (Å²) in [6.07, 6.45) is 1.87. The minimum atomic E-state index is -0.137. The van der Waals surface area contributed by atoms with Crippen molar-refractivity contribution >= 4 is 17.7 Å². The van der Waals surface area contributed by atoms with Gasteiger partial charge in [-0.3, -0.25) is 4.79 Å². The van der Waals surface area contributed by atoms with Crippen molar-refractivity contribution in [2.24, 2.45) is 0 Å². The van der Waals surface area contributed by atoms with E-state index in [0.29, 0.717) is 5.95 Å². The molecule has 6 heteroatoms. The molecule has 1 atom stereocenters. The molecular formula is C14H23N5O. The third-order valence-corrected chi connectivity index (χ3v) is 3.52. The largest absolute Gasteiger partial charge is 0.363 e. The van der Waals surface area contributed by atoms with Gasteiger partial charge in [0.1, 0.15) is 11.9 Å². The number of amides is 1. The highest BCUT2D eigenvalue weighted by Gasteiger charge is 2.33. The van der Waals surface area contributed by atoms with Crippen LogP contribution in [0.3, 0.4) is 0 Å². The number of anilines is 2. The van der Waals surface area contributed by atoms with Crippen molar-refractivity contribution in [3.05, 3.63) is 11.8 Å². The fourth-order valence-corrected chi connectivity index (χ4v) is 2.45. The molecule has 0 aromatic carbocycles. The fourth-order valence-electron chi connectivity index (χ4n) is 2.45. The number of rotatable bonds is 3. The molecule has 110 valence electrons. The van der Waals surface area contributed by atoms with Crippen LogP contribution >= 0.6 is 0 Å². The first kappa shape index (κ1) is 14.6. The Morgan fingerprint density at radius 3 is 2.60 bits per heavy atom. The molecule has 6 nitrogen and oxygen atoms in total. The highest BCUT2D eigenvalue weighted by Crippen LogP contribution is 2.25. The Labute approximate surface area is 120 Å². The van der Waals surface area contributed by atoms with Crippen LogP contribution in [0.2, 0.25) is 0 Å². The molecule has 0 N–H and O–H groups in total. The van der Waals surface area contributed by atoms with Gasteiger partial charge in [0.05, 0.1) is 0 Å². The third-order valence-electron chi connectivity index (χ3n) is 3.52. The van der Waals surface area contributed by atoms with E-state index in [0.717, 1.165) is 30.9 Å². The van der Waals surface area contributed by atoms with Crippen molar-refractivity contribution in [3.63, 3.8) is 0 Å². The van der Waals surface area contributed by atoms with Gasteiger partial charge < -0.3 is 14.7 Å². The van der Waals surface area contributed by atoms with Gasteiger partial charge in [-0.05, 0) is 19.8 Å². The molecule has 2 heterocycles. The van der Waals surface area contributed by atoms with Crippen molar-refractivity contribution in [1.82, 2.24) is 14.9 Å². The number of likely N-dealkylation sites (N-methyl/N-ethyl adjacent to an activating group) is 1. The zero-order valence-corrected chi connectivity index (χ0v) is 12.9. The molecule has 1 fully saturated rings. The maximum atomic E-state index is 12.3. The summed E-state index contributed by atoms with van der Waals surface area (Å²) in [5.41, 5.74) is 0.918. The molecule has 1 aromatic rings. The monoisotopic (exact) mass is 277 g/mol. The summed E-state index contributed by atoms with van der Waals surface area (Å²) in [4.78, 5) is 27.0. The van der Waals surface area contributed by atoms with Crippen molar-refractivity contribution in [3.8, 4) is 0 Å².